The van der Waals surface area contributed by atoms with Crippen LogP contribution in [0.5, 0.6) is 0 Å². The van der Waals surface area contributed by atoms with Crippen LogP contribution in [0.25, 0.3) is 0 Å². The molecule has 0 saturated carbocycles. The average molecular weight is 377 g/mol. The van der Waals surface area contributed by atoms with E-state index in [0.29, 0.717) is 13.2 Å². The molecular formula is C18H21BrN2O2. The summed E-state index contributed by atoms with van der Waals surface area (Å²) >= 11 is 3.50. The van der Waals surface area contributed by atoms with E-state index in [-0.39, 0.29) is 12.1 Å². The third-order valence-corrected chi connectivity index (χ3v) is 4.30. The highest BCUT2D eigenvalue weighted by molar-refractivity contribution is 9.10. The van der Waals surface area contributed by atoms with Crippen LogP contribution in [-0.2, 0) is 17.9 Å². The van der Waals surface area contributed by atoms with Crippen LogP contribution in [0.1, 0.15) is 29.7 Å². The van der Waals surface area contributed by atoms with Crippen molar-refractivity contribution in [2.45, 2.75) is 26.1 Å². The van der Waals surface area contributed by atoms with E-state index in [1.54, 1.807) is 7.11 Å². The SMILES string of the molecule is COCc1ccccc1CNC(=O)NC(C)c1ccccc1Br. The first-order chi connectivity index (χ1) is 11.1. The van der Waals surface area contributed by atoms with Crippen molar-refractivity contribution in [2.24, 2.45) is 0 Å². The third-order valence-electron chi connectivity index (χ3n) is 3.58. The summed E-state index contributed by atoms with van der Waals surface area (Å²) in [6, 6.07) is 15.5. The summed E-state index contributed by atoms with van der Waals surface area (Å²) in [5.74, 6) is 0. The zero-order valence-corrected chi connectivity index (χ0v) is 14.9. The van der Waals surface area contributed by atoms with Crippen LogP contribution in [0, 0.1) is 0 Å². The van der Waals surface area contributed by atoms with Crippen LogP contribution < -0.4 is 10.6 Å². The summed E-state index contributed by atoms with van der Waals surface area (Å²) in [6.07, 6.45) is 0. The number of urea groups is 1. The minimum absolute atomic E-state index is 0.0835. The van der Waals surface area contributed by atoms with Crippen molar-refractivity contribution in [3.05, 3.63) is 69.7 Å². The summed E-state index contributed by atoms with van der Waals surface area (Å²) in [5.41, 5.74) is 3.18. The van der Waals surface area contributed by atoms with E-state index in [4.69, 9.17) is 4.74 Å². The van der Waals surface area contributed by atoms with Crippen molar-refractivity contribution in [1.29, 1.82) is 0 Å². The molecule has 0 aliphatic heterocycles. The molecule has 0 spiro atoms. The first-order valence-electron chi connectivity index (χ1n) is 7.46. The molecule has 0 fully saturated rings. The fraction of sp³-hybridized carbons (Fsp3) is 0.278. The quantitative estimate of drug-likeness (QED) is 0.795. The Kier molecular flexibility index (Phi) is 6.62. The Balaban J connectivity index is 1.92. The smallest absolute Gasteiger partial charge is 0.315 e. The third kappa shape index (κ3) is 5.08. The van der Waals surface area contributed by atoms with E-state index in [9.17, 15) is 4.79 Å². The van der Waals surface area contributed by atoms with Crippen LogP contribution in [-0.4, -0.2) is 13.1 Å². The monoisotopic (exact) mass is 376 g/mol. The standard InChI is InChI=1S/C18H21BrN2O2/c1-13(16-9-5-6-10-17(16)19)21-18(22)20-11-14-7-3-4-8-15(14)12-23-2/h3-10,13H,11-12H2,1-2H3,(H2,20,21,22). The maximum atomic E-state index is 12.1. The number of ether oxygens (including phenoxy) is 1. The van der Waals surface area contributed by atoms with Gasteiger partial charge in [-0.2, -0.15) is 0 Å². The molecule has 0 bridgehead atoms. The van der Waals surface area contributed by atoms with Gasteiger partial charge in [-0.3, -0.25) is 0 Å². The lowest BCUT2D eigenvalue weighted by Crippen LogP contribution is -2.36. The summed E-state index contributed by atoms with van der Waals surface area (Å²) in [6.45, 7) is 2.96. The molecule has 4 nitrogen and oxygen atoms in total. The van der Waals surface area contributed by atoms with Gasteiger partial charge in [0.15, 0.2) is 0 Å². The van der Waals surface area contributed by atoms with E-state index in [1.807, 2.05) is 55.5 Å². The summed E-state index contributed by atoms with van der Waals surface area (Å²) in [5, 5.41) is 5.84. The Bertz CT molecular complexity index is 661. The Labute approximate surface area is 145 Å². The molecule has 0 saturated heterocycles. The van der Waals surface area contributed by atoms with Gasteiger partial charge in [0.25, 0.3) is 0 Å². The normalized spacial score (nSPS) is 11.8. The molecule has 0 aromatic heterocycles. The average Bonchev–Trinajstić information content (AvgIpc) is 2.54. The van der Waals surface area contributed by atoms with Gasteiger partial charge in [0, 0.05) is 18.1 Å². The lowest BCUT2D eigenvalue weighted by molar-refractivity contribution is 0.184. The Hall–Kier alpha value is -1.85. The van der Waals surface area contributed by atoms with E-state index in [1.165, 1.54) is 0 Å². The van der Waals surface area contributed by atoms with Gasteiger partial charge in [0.1, 0.15) is 0 Å². The van der Waals surface area contributed by atoms with Crippen molar-refractivity contribution < 1.29 is 9.53 Å². The number of carbonyl (C=O) groups excluding carboxylic acids is 1. The molecule has 1 unspecified atom stereocenters. The predicted molar refractivity (Wildman–Crippen MR) is 95.1 cm³/mol. The number of hydrogen-bond donors (Lipinski definition) is 2. The van der Waals surface area contributed by atoms with Gasteiger partial charge in [0.05, 0.1) is 12.6 Å². The topological polar surface area (TPSA) is 50.4 Å². The van der Waals surface area contributed by atoms with Crippen LogP contribution >= 0.6 is 15.9 Å². The van der Waals surface area contributed by atoms with Crippen molar-refractivity contribution >= 4 is 22.0 Å². The highest BCUT2D eigenvalue weighted by Crippen LogP contribution is 2.22. The van der Waals surface area contributed by atoms with E-state index in [0.717, 1.165) is 21.2 Å². The minimum atomic E-state index is -0.194. The number of methoxy groups -OCH3 is 1. The largest absolute Gasteiger partial charge is 0.380 e. The molecule has 2 rings (SSSR count). The van der Waals surface area contributed by atoms with Gasteiger partial charge >= 0.3 is 6.03 Å². The maximum Gasteiger partial charge on any atom is 0.315 e. The fourth-order valence-corrected chi connectivity index (χ4v) is 2.98. The number of carbonyl (C=O) groups is 1. The summed E-state index contributed by atoms with van der Waals surface area (Å²) in [7, 11) is 1.66. The number of rotatable bonds is 6. The van der Waals surface area contributed by atoms with E-state index >= 15 is 0 Å². The highest BCUT2D eigenvalue weighted by Gasteiger charge is 2.12. The molecule has 122 valence electrons. The first-order valence-corrected chi connectivity index (χ1v) is 8.25. The molecule has 23 heavy (non-hydrogen) atoms. The molecule has 2 aromatic rings. The molecule has 2 N–H and O–H groups in total. The number of hydrogen-bond acceptors (Lipinski definition) is 2. The second-order valence-electron chi connectivity index (χ2n) is 5.27. The molecule has 0 aliphatic rings. The molecule has 1 atom stereocenters. The molecule has 2 aromatic carbocycles. The van der Waals surface area contributed by atoms with E-state index < -0.39 is 0 Å². The van der Waals surface area contributed by atoms with Crippen LogP contribution in [0.3, 0.4) is 0 Å². The van der Waals surface area contributed by atoms with Gasteiger partial charge in [-0.25, -0.2) is 4.79 Å². The molecule has 2 amide bonds. The van der Waals surface area contributed by atoms with Crippen molar-refractivity contribution in [2.75, 3.05) is 7.11 Å². The van der Waals surface area contributed by atoms with Gasteiger partial charge in [-0.05, 0) is 29.7 Å². The van der Waals surface area contributed by atoms with Crippen LogP contribution in [0.15, 0.2) is 53.0 Å². The van der Waals surface area contributed by atoms with E-state index in [2.05, 4.69) is 26.6 Å². The number of benzene rings is 2. The zero-order chi connectivity index (χ0) is 16.7. The van der Waals surface area contributed by atoms with Crippen molar-refractivity contribution in [3.63, 3.8) is 0 Å². The maximum absolute atomic E-state index is 12.1. The number of nitrogens with one attached hydrogen (secondary N) is 2. The summed E-state index contributed by atoms with van der Waals surface area (Å²) < 4.78 is 6.16. The molecule has 0 heterocycles. The Morgan fingerprint density at radius 3 is 2.48 bits per heavy atom. The lowest BCUT2D eigenvalue weighted by atomic mass is 10.1. The Morgan fingerprint density at radius 2 is 1.78 bits per heavy atom. The van der Waals surface area contributed by atoms with Crippen molar-refractivity contribution in [1.82, 2.24) is 10.6 Å². The second kappa shape index (κ2) is 8.70. The summed E-state index contributed by atoms with van der Waals surface area (Å²) in [4.78, 5) is 12.1. The molecule has 5 heteroatoms. The zero-order valence-electron chi connectivity index (χ0n) is 13.3. The van der Waals surface area contributed by atoms with Crippen LogP contribution in [0.4, 0.5) is 4.79 Å². The lowest BCUT2D eigenvalue weighted by Gasteiger charge is -2.17. The Morgan fingerprint density at radius 1 is 1.13 bits per heavy atom. The molecular weight excluding hydrogens is 356 g/mol. The first kappa shape index (κ1) is 17.5. The predicted octanol–water partition coefficient (Wildman–Crippen LogP) is 4.16. The molecule has 0 aliphatic carbocycles. The second-order valence-corrected chi connectivity index (χ2v) is 6.13. The van der Waals surface area contributed by atoms with Gasteiger partial charge in [-0.15, -0.1) is 0 Å². The minimum Gasteiger partial charge on any atom is -0.380 e. The number of amides is 2. The van der Waals surface area contributed by atoms with Gasteiger partial charge < -0.3 is 15.4 Å². The number of halogens is 1. The van der Waals surface area contributed by atoms with Gasteiger partial charge in [0.2, 0.25) is 0 Å². The van der Waals surface area contributed by atoms with Crippen molar-refractivity contribution in [3.8, 4) is 0 Å². The fourth-order valence-electron chi connectivity index (χ4n) is 2.35. The molecule has 0 radical (unpaired) electrons. The van der Waals surface area contributed by atoms with Crippen LogP contribution in [0.2, 0.25) is 0 Å². The highest BCUT2D eigenvalue weighted by atomic mass is 79.9. The van der Waals surface area contributed by atoms with Gasteiger partial charge in [-0.1, -0.05) is 58.4 Å².